The van der Waals surface area contributed by atoms with E-state index in [9.17, 15) is 0 Å². The number of ether oxygens (including phenoxy) is 1. The second kappa shape index (κ2) is 3.14. The maximum Gasteiger partial charge on any atom is 0.0579 e. The van der Waals surface area contributed by atoms with E-state index in [2.05, 4.69) is 11.8 Å². The number of fused-ring (bicyclic) bond motifs is 2. The van der Waals surface area contributed by atoms with Crippen LogP contribution in [0, 0.1) is 5.92 Å². The van der Waals surface area contributed by atoms with Crippen LogP contribution in [0.2, 0.25) is 0 Å². The Balaban J connectivity index is 1.91. The zero-order valence-corrected chi connectivity index (χ0v) is 7.03. The van der Waals surface area contributed by atoms with Crippen LogP contribution in [-0.4, -0.2) is 24.2 Å². The molecule has 2 unspecified atom stereocenters. The van der Waals surface area contributed by atoms with Gasteiger partial charge in [0.15, 0.2) is 0 Å². The maximum atomic E-state index is 5.62. The molecule has 0 radical (unpaired) electrons. The molecule has 1 nitrogen and oxygen atoms in total. The molecular formula is C8H14OS. The summed E-state index contributed by atoms with van der Waals surface area (Å²) < 4.78 is 5.62. The van der Waals surface area contributed by atoms with Gasteiger partial charge in [0.2, 0.25) is 0 Å². The molecule has 0 spiro atoms. The van der Waals surface area contributed by atoms with E-state index in [1.165, 1.54) is 30.8 Å². The van der Waals surface area contributed by atoms with Gasteiger partial charge in [-0.3, -0.25) is 0 Å². The molecule has 0 aromatic heterocycles. The van der Waals surface area contributed by atoms with Gasteiger partial charge in [-0.1, -0.05) is 0 Å². The fraction of sp³-hybridized carbons (Fsp3) is 1.00. The van der Waals surface area contributed by atoms with E-state index in [1.54, 1.807) is 0 Å². The zero-order valence-electron chi connectivity index (χ0n) is 6.21. The van der Waals surface area contributed by atoms with Crippen molar-refractivity contribution < 1.29 is 4.74 Å². The van der Waals surface area contributed by atoms with Crippen LogP contribution in [0.4, 0.5) is 0 Å². The summed E-state index contributed by atoms with van der Waals surface area (Å²) in [6, 6.07) is 0. The minimum atomic E-state index is 0.630. The van der Waals surface area contributed by atoms with Crippen molar-refractivity contribution in [2.24, 2.45) is 5.92 Å². The van der Waals surface area contributed by atoms with Crippen molar-refractivity contribution in [2.45, 2.75) is 25.4 Å². The molecule has 2 heteroatoms. The molecule has 2 heterocycles. The first-order valence-corrected chi connectivity index (χ1v) is 5.30. The summed E-state index contributed by atoms with van der Waals surface area (Å²) in [7, 11) is 0. The first-order valence-electron chi connectivity index (χ1n) is 4.14. The number of hydrogen-bond donors (Lipinski definition) is 0. The largest absolute Gasteiger partial charge is 0.378 e. The summed E-state index contributed by atoms with van der Waals surface area (Å²) >= 11 is 2.11. The van der Waals surface area contributed by atoms with Crippen molar-refractivity contribution in [3.05, 3.63) is 0 Å². The van der Waals surface area contributed by atoms with Gasteiger partial charge in [-0.05, 0) is 36.7 Å². The van der Waals surface area contributed by atoms with Crippen LogP contribution in [0.3, 0.4) is 0 Å². The predicted molar refractivity (Wildman–Crippen MR) is 44.4 cm³/mol. The normalized spacial score (nSPS) is 40.8. The molecule has 0 N–H and O–H groups in total. The maximum absolute atomic E-state index is 5.62. The average Bonchev–Trinajstić information content (AvgIpc) is 2.30. The number of rotatable bonds is 0. The molecule has 2 fully saturated rings. The average molecular weight is 158 g/mol. The minimum absolute atomic E-state index is 0.630. The smallest absolute Gasteiger partial charge is 0.0579 e. The molecule has 2 rings (SSSR count). The Morgan fingerprint density at radius 2 is 2.40 bits per heavy atom. The van der Waals surface area contributed by atoms with Crippen LogP contribution in [0.1, 0.15) is 19.3 Å². The minimum Gasteiger partial charge on any atom is -0.378 e. The highest BCUT2D eigenvalue weighted by molar-refractivity contribution is 7.99. The van der Waals surface area contributed by atoms with E-state index in [4.69, 9.17) is 4.74 Å². The Labute approximate surface area is 66.5 Å². The molecule has 2 bridgehead atoms. The summed E-state index contributed by atoms with van der Waals surface area (Å²) in [6.45, 7) is 1.04. The molecule has 0 amide bonds. The Morgan fingerprint density at radius 3 is 3.40 bits per heavy atom. The third kappa shape index (κ3) is 1.48. The Bertz CT molecular complexity index is 104. The molecule has 0 aromatic carbocycles. The van der Waals surface area contributed by atoms with Gasteiger partial charge in [0.1, 0.15) is 0 Å². The van der Waals surface area contributed by atoms with Gasteiger partial charge in [-0.2, -0.15) is 11.8 Å². The van der Waals surface area contributed by atoms with Gasteiger partial charge in [0, 0.05) is 0 Å². The second-order valence-corrected chi connectivity index (χ2v) is 4.42. The highest BCUT2D eigenvalue weighted by Gasteiger charge is 2.26. The predicted octanol–water partition coefficient (Wildman–Crippen LogP) is 1.92. The quantitative estimate of drug-likeness (QED) is 0.532. The molecule has 0 saturated carbocycles. The third-order valence-corrected chi connectivity index (χ3v) is 3.62. The molecule has 0 aliphatic carbocycles. The highest BCUT2D eigenvalue weighted by atomic mass is 32.2. The van der Waals surface area contributed by atoms with E-state index in [1.807, 2.05) is 0 Å². The van der Waals surface area contributed by atoms with Gasteiger partial charge < -0.3 is 4.74 Å². The first-order chi connectivity index (χ1) is 4.95. The van der Waals surface area contributed by atoms with E-state index < -0.39 is 0 Å². The number of thioether (sulfide) groups is 1. The molecule has 2 saturated heterocycles. The Morgan fingerprint density at radius 1 is 1.40 bits per heavy atom. The first kappa shape index (κ1) is 6.99. The van der Waals surface area contributed by atoms with E-state index in [0.29, 0.717) is 6.10 Å². The SMILES string of the molecule is C1CSCC2COC(C1)C2. The summed E-state index contributed by atoms with van der Waals surface area (Å²) in [6.07, 6.45) is 4.64. The van der Waals surface area contributed by atoms with Crippen LogP contribution >= 0.6 is 11.8 Å². The van der Waals surface area contributed by atoms with Crippen molar-refractivity contribution in [3.8, 4) is 0 Å². The van der Waals surface area contributed by atoms with Crippen molar-refractivity contribution in [3.63, 3.8) is 0 Å². The van der Waals surface area contributed by atoms with Crippen molar-refractivity contribution in [2.75, 3.05) is 18.1 Å². The summed E-state index contributed by atoms with van der Waals surface area (Å²) in [5.41, 5.74) is 0. The van der Waals surface area contributed by atoms with Crippen LogP contribution in [-0.2, 0) is 4.74 Å². The summed E-state index contributed by atoms with van der Waals surface area (Å²) in [4.78, 5) is 0. The number of hydrogen-bond acceptors (Lipinski definition) is 2. The van der Waals surface area contributed by atoms with Crippen LogP contribution in [0.5, 0.6) is 0 Å². The topological polar surface area (TPSA) is 9.23 Å². The Kier molecular flexibility index (Phi) is 2.19. The lowest BCUT2D eigenvalue weighted by molar-refractivity contribution is 0.101. The van der Waals surface area contributed by atoms with Gasteiger partial charge >= 0.3 is 0 Å². The molecule has 2 atom stereocenters. The molecule has 2 aliphatic rings. The third-order valence-electron chi connectivity index (χ3n) is 2.33. The molecule has 2 aliphatic heterocycles. The van der Waals surface area contributed by atoms with Crippen LogP contribution in [0.25, 0.3) is 0 Å². The van der Waals surface area contributed by atoms with E-state index >= 15 is 0 Å². The van der Waals surface area contributed by atoms with Gasteiger partial charge in [0.25, 0.3) is 0 Å². The van der Waals surface area contributed by atoms with Gasteiger partial charge in [-0.25, -0.2) is 0 Å². The molecule has 58 valence electrons. The van der Waals surface area contributed by atoms with Gasteiger partial charge in [-0.15, -0.1) is 0 Å². The monoisotopic (exact) mass is 158 g/mol. The second-order valence-electron chi connectivity index (χ2n) is 3.27. The standard InChI is InChI=1S/C8H14OS/c1-2-8-4-7(5-9-8)6-10-3-1/h7-8H,1-6H2. The Hall–Kier alpha value is 0.310. The van der Waals surface area contributed by atoms with Crippen molar-refractivity contribution >= 4 is 11.8 Å². The summed E-state index contributed by atoms with van der Waals surface area (Å²) in [5.74, 6) is 3.59. The lowest BCUT2D eigenvalue weighted by Gasteiger charge is -2.12. The fourth-order valence-corrected chi connectivity index (χ4v) is 2.86. The van der Waals surface area contributed by atoms with Crippen LogP contribution in [0.15, 0.2) is 0 Å². The van der Waals surface area contributed by atoms with Gasteiger partial charge in [0.05, 0.1) is 12.7 Å². The van der Waals surface area contributed by atoms with E-state index in [-0.39, 0.29) is 0 Å². The van der Waals surface area contributed by atoms with Crippen LogP contribution < -0.4 is 0 Å². The van der Waals surface area contributed by atoms with Crippen molar-refractivity contribution in [1.82, 2.24) is 0 Å². The lowest BCUT2D eigenvalue weighted by atomic mass is 10.1. The highest BCUT2D eigenvalue weighted by Crippen LogP contribution is 2.29. The molecular weight excluding hydrogens is 144 g/mol. The summed E-state index contributed by atoms with van der Waals surface area (Å²) in [5, 5.41) is 0. The molecule has 10 heavy (non-hydrogen) atoms. The van der Waals surface area contributed by atoms with E-state index in [0.717, 1.165) is 12.5 Å². The van der Waals surface area contributed by atoms with Crippen molar-refractivity contribution in [1.29, 1.82) is 0 Å². The molecule has 0 aromatic rings. The zero-order chi connectivity index (χ0) is 6.81. The fourth-order valence-electron chi connectivity index (χ4n) is 1.76. The lowest BCUT2D eigenvalue weighted by Crippen LogP contribution is -2.09.